The second-order valence-corrected chi connectivity index (χ2v) is 5.11. The Morgan fingerprint density at radius 2 is 2.12 bits per heavy atom. The number of hydrogen-bond donors (Lipinski definition) is 2. The summed E-state index contributed by atoms with van der Waals surface area (Å²) >= 11 is 0. The number of likely N-dealkylation sites (tertiary alicyclic amines) is 1. The van der Waals surface area contributed by atoms with Crippen LogP contribution >= 0.6 is 0 Å². The predicted molar refractivity (Wildman–Crippen MR) is 59.5 cm³/mol. The van der Waals surface area contributed by atoms with Gasteiger partial charge in [-0.1, -0.05) is 0 Å². The Labute approximate surface area is 99.9 Å². The van der Waals surface area contributed by atoms with Crippen LogP contribution in [0.2, 0.25) is 0 Å². The highest BCUT2D eigenvalue weighted by Crippen LogP contribution is 2.26. The second kappa shape index (κ2) is 4.62. The molecule has 0 atom stereocenters. The minimum absolute atomic E-state index is 0.146. The lowest BCUT2D eigenvalue weighted by Crippen LogP contribution is -2.64. The van der Waals surface area contributed by atoms with Crippen LogP contribution in [-0.4, -0.2) is 60.3 Å². The number of amides is 1. The molecule has 2 aliphatic rings. The van der Waals surface area contributed by atoms with Gasteiger partial charge in [0.05, 0.1) is 13.1 Å². The summed E-state index contributed by atoms with van der Waals surface area (Å²) in [6, 6.07) is 0. The lowest BCUT2D eigenvalue weighted by molar-refractivity contribution is -0.173. The molecule has 0 aromatic heterocycles. The summed E-state index contributed by atoms with van der Waals surface area (Å²) in [5, 5.41) is 11.6. The van der Waals surface area contributed by atoms with Gasteiger partial charge >= 0.3 is 5.97 Å². The molecular formula is C11H18N2O4. The number of carbonyl (C=O) groups excluding carboxylic acids is 1. The Kier molecular flexibility index (Phi) is 3.35. The molecule has 0 aromatic carbocycles. The maximum absolute atomic E-state index is 11.8. The van der Waals surface area contributed by atoms with Crippen molar-refractivity contribution in [3.8, 4) is 0 Å². The fraction of sp³-hybridized carbons (Fsp3) is 0.818. The van der Waals surface area contributed by atoms with Gasteiger partial charge < -0.3 is 20.1 Å². The van der Waals surface area contributed by atoms with Gasteiger partial charge in [-0.05, 0) is 25.9 Å². The van der Waals surface area contributed by atoms with Gasteiger partial charge in [0.1, 0.15) is 12.2 Å². The lowest BCUT2D eigenvalue weighted by atomic mass is 9.93. The van der Waals surface area contributed by atoms with Gasteiger partial charge in [-0.25, -0.2) is 4.79 Å². The van der Waals surface area contributed by atoms with Gasteiger partial charge in [0.15, 0.2) is 0 Å². The van der Waals surface area contributed by atoms with Crippen molar-refractivity contribution in [2.45, 2.75) is 18.9 Å². The zero-order valence-corrected chi connectivity index (χ0v) is 9.94. The Morgan fingerprint density at radius 3 is 2.59 bits per heavy atom. The highest BCUT2D eigenvalue weighted by molar-refractivity contribution is 5.78. The van der Waals surface area contributed by atoms with Crippen LogP contribution in [0.3, 0.4) is 0 Å². The molecule has 6 nitrogen and oxygen atoms in total. The summed E-state index contributed by atoms with van der Waals surface area (Å²) < 4.78 is 5.25. The molecule has 0 spiro atoms. The number of rotatable bonds is 5. The molecule has 2 heterocycles. The van der Waals surface area contributed by atoms with Crippen LogP contribution in [0.15, 0.2) is 0 Å². The molecule has 6 heteroatoms. The topological polar surface area (TPSA) is 78.9 Å². The number of carboxylic acids is 1. The molecule has 2 N–H and O–H groups in total. The number of carbonyl (C=O) groups is 2. The largest absolute Gasteiger partial charge is 0.480 e. The first-order valence-corrected chi connectivity index (χ1v) is 5.83. The fourth-order valence-electron chi connectivity index (χ4n) is 2.13. The number of ether oxygens (including phenoxy) is 1. The molecule has 0 unspecified atom stereocenters. The molecule has 2 rings (SSSR count). The van der Waals surface area contributed by atoms with E-state index in [4.69, 9.17) is 9.84 Å². The molecule has 0 radical (unpaired) electrons. The molecule has 0 saturated carbocycles. The van der Waals surface area contributed by atoms with E-state index in [9.17, 15) is 9.59 Å². The van der Waals surface area contributed by atoms with E-state index < -0.39 is 11.6 Å². The van der Waals surface area contributed by atoms with Crippen molar-refractivity contribution in [3.05, 3.63) is 0 Å². The van der Waals surface area contributed by atoms with Gasteiger partial charge in [-0.2, -0.15) is 0 Å². The fourth-order valence-corrected chi connectivity index (χ4v) is 2.13. The third-order valence-electron chi connectivity index (χ3n) is 3.28. The smallest absolute Gasteiger partial charge is 0.329 e. The number of aliphatic carboxylic acids is 1. The van der Waals surface area contributed by atoms with E-state index in [0.29, 0.717) is 25.4 Å². The summed E-state index contributed by atoms with van der Waals surface area (Å²) in [4.78, 5) is 23.9. The minimum Gasteiger partial charge on any atom is -0.480 e. The second-order valence-electron chi connectivity index (χ2n) is 5.11. The molecule has 1 amide bonds. The van der Waals surface area contributed by atoms with Crippen molar-refractivity contribution >= 4 is 11.9 Å². The first kappa shape index (κ1) is 12.3. The zero-order valence-electron chi connectivity index (χ0n) is 9.94. The third-order valence-corrected chi connectivity index (χ3v) is 3.28. The quantitative estimate of drug-likeness (QED) is 0.666. The average Bonchev–Trinajstić information content (AvgIpc) is 2.16. The van der Waals surface area contributed by atoms with Crippen molar-refractivity contribution in [3.63, 3.8) is 0 Å². The Bertz CT molecular complexity index is 321. The molecule has 17 heavy (non-hydrogen) atoms. The number of nitrogens with one attached hydrogen (secondary N) is 1. The maximum atomic E-state index is 11.8. The van der Waals surface area contributed by atoms with Crippen molar-refractivity contribution in [2.75, 3.05) is 32.8 Å². The van der Waals surface area contributed by atoms with Crippen LogP contribution in [-0.2, 0) is 14.3 Å². The summed E-state index contributed by atoms with van der Waals surface area (Å²) in [7, 11) is 0. The predicted octanol–water partition coefficient (Wildman–Crippen LogP) is -0.702. The lowest BCUT2D eigenvalue weighted by Gasteiger charge is -2.47. The Balaban J connectivity index is 1.69. The molecule has 96 valence electrons. The van der Waals surface area contributed by atoms with E-state index in [0.717, 1.165) is 13.1 Å². The van der Waals surface area contributed by atoms with Crippen LogP contribution in [0, 0.1) is 5.92 Å². The summed E-state index contributed by atoms with van der Waals surface area (Å²) in [5.41, 5.74) is -0.480. The van der Waals surface area contributed by atoms with Crippen molar-refractivity contribution in [2.24, 2.45) is 5.92 Å². The number of nitrogens with zero attached hydrogens (tertiary/aromatic N) is 1. The molecular weight excluding hydrogens is 224 g/mol. The first-order valence-electron chi connectivity index (χ1n) is 5.83. The third kappa shape index (κ3) is 2.95. The van der Waals surface area contributed by atoms with E-state index in [1.54, 1.807) is 4.90 Å². The average molecular weight is 242 g/mol. The monoisotopic (exact) mass is 242 g/mol. The summed E-state index contributed by atoms with van der Waals surface area (Å²) in [5.74, 6) is -0.362. The van der Waals surface area contributed by atoms with Gasteiger partial charge in [0.2, 0.25) is 5.91 Å². The first-order chi connectivity index (χ1) is 7.98. The van der Waals surface area contributed by atoms with Crippen molar-refractivity contribution < 1.29 is 19.4 Å². The van der Waals surface area contributed by atoms with E-state index in [1.165, 1.54) is 0 Å². The molecule has 2 fully saturated rings. The Morgan fingerprint density at radius 1 is 1.47 bits per heavy atom. The highest BCUT2D eigenvalue weighted by atomic mass is 16.5. The Hall–Kier alpha value is -1.14. The molecule has 0 bridgehead atoms. The van der Waals surface area contributed by atoms with Crippen LogP contribution in [0.1, 0.15) is 13.3 Å². The maximum Gasteiger partial charge on any atom is 0.329 e. The van der Waals surface area contributed by atoms with Crippen LogP contribution < -0.4 is 5.32 Å². The van der Waals surface area contributed by atoms with Crippen LogP contribution in [0.4, 0.5) is 0 Å². The SMILES string of the molecule is CC1(OCC(=O)O)CN(C(=O)CC2CNC2)C1. The zero-order chi connectivity index (χ0) is 12.5. The molecule has 2 saturated heterocycles. The van der Waals surface area contributed by atoms with Crippen LogP contribution in [0.5, 0.6) is 0 Å². The van der Waals surface area contributed by atoms with Gasteiger partial charge in [0, 0.05) is 6.42 Å². The van der Waals surface area contributed by atoms with E-state index >= 15 is 0 Å². The summed E-state index contributed by atoms with van der Waals surface area (Å²) in [6.07, 6.45) is 0.585. The molecule has 2 aliphatic heterocycles. The van der Waals surface area contributed by atoms with E-state index in [2.05, 4.69) is 5.32 Å². The number of carboxylic acid groups (broad SMARTS) is 1. The van der Waals surface area contributed by atoms with Crippen LogP contribution in [0.25, 0.3) is 0 Å². The number of hydrogen-bond acceptors (Lipinski definition) is 4. The highest BCUT2D eigenvalue weighted by Gasteiger charge is 2.43. The summed E-state index contributed by atoms with van der Waals surface area (Å²) in [6.45, 7) is 4.38. The van der Waals surface area contributed by atoms with Gasteiger partial charge in [0.25, 0.3) is 0 Å². The van der Waals surface area contributed by atoms with E-state index in [-0.39, 0.29) is 12.5 Å². The van der Waals surface area contributed by atoms with Crippen molar-refractivity contribution in [1.82, 2.24) is 10.2 Å². The molecule has 0 aliphatic carbocycles. The van der Waals surface area contributed by atoms with E-state index in [1.807, 2.05) is 6.92 Å². The normalized spacial score (nSPS) is 22.8. The van der Waals surface area contributed by atoms with Gasteiger partial charge in [-0.15, -0.1) is 0 Å². The van der Waals surface area contributed by atoms with Gasteiger partial charge in [-0.3, -0.25) is 4.79 Å². The van der Waals surface area contributed by atoms with Crippen molar-refractivity contribution in [1.29, 1.82) is 0 Å². The molecule has 0 aromatic rings. The standard InChI is InChI=1S/C11H18N2O4/c1-11(17-5-10(15)16)6-13(7-11)9(14)2-8-3-12-4-8/h8,12H,2-7H2,1H3,(H,15,16). The minimum atomic E-state index is -0.975.